The van der Waals surface area contributed by atoms with Crippen LogP contribution in [0.5, 0.6) is 0 Å². The van der Waals surface area contributed by atoms with Crippen molar-refractivity contribution in [3.63, 3.8) is 0 Å². The Labute approximate surface area is 680 Å². The van der Waals surface area contributed by atoms with Crippen LogP contribution in [0.25, 0.3) is 186 Å². The third kappa shape index (κ3) is 11.3. The molecule has 118 heavy (non-hydrogen) atoms. The van der Waals surface area contributed by atoms with Gasteiger partial charge in [-0.15, -0.1) is 0 Å². The summed E-state index contributed by atoms with van der Waals surface area (Å²) in [6, 6.07) is 157. The van der Waals surface area contributed by atoms with E-state index in [4.69, 9.17) is 8.83 Å². The predicted octanol–water partition coefficient (Wildman–Crippen LogP) is 31.6. The number of rotatable bonds is 12. The third-order valence-electron chi connectivity index (χ3n) is 23.9. The molecule has 6 heteroatoms. The zero-order valence-electron chi connectivity index (χ0n) is 64.2. The highest BCUT2D eigenvalue weighted by Crippen LogP contribution is 2.50. The summed E-state index contributed by atoms with van der Waals surface area (Å²) in [4.78, 5) is 4.77. The van der Waals surface area contributed by atoms with Gasteiger partial charge in [0.2, 0.25) is 0 Å². The van der Waals surface area contributed by atoms with E-state index >= 15 is 0 Å². The fourth-order valence-electron chi connectivity index (χ4n) is 18.5. The first-order valence-electron chi connectivity index (χ1n) is 40.4. The molecule has 6 nitrogen and oxygen atoms in total. The van der Waals surface area contributed by atoms with E-state index in [1.807, 2.05) is 0 Å². The molecular weight excluding hydrogens is 1430 g/mol. The number of fused-ring (bicyclic) bond motifs is 20. The standard InChI is InChI=1S/2C56H36N2O/c1-3-16-42(17-4-1)57(50-24-13-25-51-53(50)47-22-11-12-23-49(47)58(51)43-18-5-2-6-19-43)44-33-30-38(31-34-44)37-26-28-40(29-27-37)48-36-41-15-8-10-21-46(41)55-54-45-20-9-7-14-39(45)32-35-52(54)59-56(48)55;1-3-14-37(15-4-1)38-26-29-43(30-27-38)57(45-31-32-49-48-24-11-12-25-51(48)58(52(49)36-45)42-19-5-2-6-20-42)44-21-13-18-40(34-44)50-35-41-17-8-10-23-47(41)55-54-46-22-9-7-16-39(46)28-33-53(54)59-56(50)55/h2*1-36H. The van der Waals surface area contributed by atoms with Crippen molar-refractivity contribution >= 4 is 165 Å². The number of hydrogen-bond donors (Lipinski definition) is 0. The smallest absolute Gasteiger partial charge is 0.143 e. The lowest BCUT2D eigenvalue weighted by Crippen LogP contribution is -2.10. The predicted molar refractivity (Wildman–Crippen MR) is 497 cm³/mol. The topological polar surface area (TPSA) is 42.6 Å². The Balaban J connectivity index is 0.000000138. The summed E-state index contributed by atoms with van der Waals surface area (Å²) >= 11 is 0. The molecule has 24 rings (SSSR count). The second-order valence-corrected chi connectivity index (χ2v) is 30.6. The van der Waals surface area contributed by atoms with Gasteiger partial charge < -0.3 is 27.8 Å². The van der Waals surface area contributed by atoms with Crippen molar-refractivity contribution in [1.29, 1.82) is 0 Å². The number of anilines is 6. The van der Waals surface area contributed by atoms with Gasteiger partial charge in [-0.2, -0.15) is 0 Å². The molecule has 0 fully saturated rings. The minimum Gasteiger partial charge on any atom is -0.455 e. The Morgan fingerprint density at radius 3 is 1.12 bits per heavy atom. The fourth-order valence-corrected chi connectivity index (χ4v) is 18.5. The zero-order chi connectivity index (χ0) is 77.7. The molecule has 0 saturated heterocycles. The first kappa shape index (κ1) is 67.9. The number of furan rings is 2. The van der Waals surface area contributed by atoms with E-state index < -0.39 is 0 Å². The number of para-hydroxylation sites is 5. The van der Waals surface area contributed by atoms with Crippen LogP contribution in [0.4, 0.5) is 34.1 Å². The molecule has 24 aromatic rings. The van der Waals surface area contributed by atoms with E-state index in [1.165, 1.54) is 103 Å². The lowest BCUT2D eigenvalue weighted by molar-refractivity contribution is 0.670. The molecule has 552 valence electrons. The second kappa shape index (κ2) is 28.1. The van der Waals surface area contributed by atoms with Gasteiger partial charge in [-0.3, -0.25) is 0 Å². The van der Waals surface area contributed by atoms with Crippen LogP contribution >= 0.6 is 0 Å². The highest BCUT2D eigenvalue weighted by Gasteiger charge is 2.26. The molecule has 0 unspecified atom stereocenters. The van der Waals surface area contributed by atoms with Gasteiger partial charge >= 0.3 is 0 Å². The van der Waals surface area contributed by atoms with Gasteiger partial charge in [0.15, 0.2) is 0 Å². The molecule has 0 atom stereocenters. The number of benzene rings is 20. The molecule has 0 radical (unpaired) electrons. The van der Waals surface area contributed by atoms with Crippen LogP contribution in [-0.4, -0.2) is 9.13 Å². The Hall–Kier alpha value is -15.8. The van der Waals surface area contributed by atoms with Crippen LogP contribution < -0.4 is 9.80 Å². The molecule has 0 amide bonds. The molecule has 0 aliphatic carbocycles. The third-order valence-corrected chi connectivity index (χ3v) is 23.9. The Kier molecular flexibility index (Phi) is 16.2. The molecule has 4 heterocycles. The molecule has 0 bridgehead atoms. The van der Waals surface area contributed by atoms with E-state index in [0.717, 1.165) is 118 Å². The Morgan fingerprint density at radius 2 is 0.551 bits per heavy atom. The van der Waals surface area contributed by atoms with Crippen LogP contribution in [0.2, 0.25) is 0 Å². The summed E-state index contributed by atoms with van der Waals surface area (Å²) in [6.07, 6.45) is 0. The van der Waals surface area contributed by atoms with Crippen molar-refractivity contribution in [3.05, 3.63) is 437 Å². The van der Waals surface area contributed by atoms with Crippen molar-refractivity contribution in [3.8, 4) is 55.9 Å². The monoisotopic (exact) mass is 1500 g/mol. The van der Waals surface area contributed by atoms with E-state index in [-0.39, 0.29) is 0 Å². The first-order chi connectivity index (χ1) is 58.5. The van der Waals surface area contributed by atoms with E-state index in [0.29, 0.717) is 0 Å². The minimum atomic E-state index is 0.898. The number of nitrogens with zero attached hydrogens (tertiary/aromatic N) is 4. The summed E-state index contributed by atoms with van der Waals surface area (Å²) in [5.74, 6) is 0. The Bertz CT molecular complexity index is 8020. The van der Waals surface area contributed by atoms with Gasteiger partial charge in [-0.25, -0.2) is 0 Å². The normalized spacial score (nSPS) is 11.7. The fraction of sp³-hybridized carbons (Fsp3) is 0. The van der Waals surface area contributed by atoms with Crippen molar-refractivity contribution in [2.75, 3.05) is 9.80 Å². The maximum absolute atomic E-state index is 6.89. The van der Waals surface area contributed by atoms with Crippen molar-refractivity contribution < 1.29 is 8.83 Å². The van der Waals surface area contributed by atoms with Crippen molar-refractivity contribution in [2.24, 2.45) is 0 Å². The molecule has 0 aliphatic rings. The lowest BCUT2D eigenvalue weighted by atomic mass is 9.94. The van der Waals surface area contributed by atoms with E-state index in [1.54, 1.807) is 0 Å². The minimum absolute atomic E-state index is 0.898. The molecule has 20 aromatic carbocycles. The maximum Gasteiger partial charge on any atom is 0.143 e. The van der Waals surface area contributed by atoms with Gasteiger partial charge in [0, 0.05) is 94.0 Å². The summed E-state index contributed by atoms with van der Waals surface area (Å²) < 4.78 is 18.4. The van der Waals surface area contributed by atoms with Crippen LogP contribution in [0.3, 0.4) is 0 Å². The summed E-state index contributed by atoms with van der Waals surface area (Å²) in [5.41, 5.74) is 26.2. The van der Waals surface area contributed by atoms with Crippen LogP contribution in [0.1, 0.15) is 0 Å². The lowest BCUT2D eigenvalue weighted by Gasteiger charge is -2.26. The highest BCUT2D eigenvalue weighted by molar-refractivity contribution is 6.30. The van der Waals surface area contributed by atoms with Gasteiger partial charge in [0.25, 0.3) is 0 Å². The molecule has 0 aliphatic heterocycles. The number of aromatic nitrogens is 2. The van der Waals surface area contributed by atoms with Gasteiger partial charge in [0.05, 0.1) is 27.8 Å². The van der Waals surface area contributed by atoms with E-state index in [2.05, 4.69) is 456 Å². The summed E-state index contributed by atoms with van der Waals surface area (Å²) in [6.45, 7) is 0. The molecule has 0 N–H and O–H groups in total. The second-order valence-electron chi connectivity index (χ2n) is 30.6. The molecular formula is C112H72N4O2. The molecule has 0 spiro atoms. The number of hydrogen-bond acceptors (Lipinski definition) is 4. The Morgan fingerprint density at radius 1 is 0.186 bits per heavy atom. The quantitative estimate of drug-likeness (QED) is 0.122. The SMILES string of the molecule is c1ccc(-c2ccc(N(c3cccc(-c4cc5ccccc5c5c4oc4ccc6ccccc6c45)c3)c3ccc4c5ccccc5n(-c5ccccc5)c4c3)cc2)cc1.c1ccc(N(c2ccc(-c3ccc(-c4cc5ccccc5c5c4oc4ccc6ccccc6c45)cc3)cc2)c2cccc3c2c2ccccc2n3-c2ccccc2)cc1. The van der Waals surface area contributed by atoms with E-state index in [9.17, 15) is 0 Å². The van der Waals surface area contributed by atoms with Crippen molar-refractivity contribution in [2.45, 2.75) is 0 Å². The highest BCUT2D eigenvalue weighted by atomic mass is 16.3. The zero-order valence-corrected chi connectivity index (χ0v) is 64.2. The average Bonchev–Trinajstić information content (AvgIpc) is 1.58. The van der Waals surface area contributed by atoms with Crippen LogP contribution in [-0.2, 0) is 0 Å². The first-order valence-corrected chi connectivity index (χ1v) is 40.4. The van der Waals surface area contributed by atoms with Crippen molar-refractivity contribution in [1.82, 2.24) is 9.13 Å². The molecule has 4 aromatic heterocycles. The average molecular weight is 1510 g/mol. The summed E-state index contributed by atoms with van der Waals surface area (Å²) in [5, 5.41) is 19.2. The molecule has 0 saturated carbocycles. The van der Waals surface area contributed by atoms with Crippen LogP contribution in [0, 0.1) is 0 Å². The summed E-state index contributed by atoms with van der Waals surface area (Å²) in [7, 11) is 0. The maximum atomic E-state index is 6.89. The van der Waals surface area contributed by atoms with Gasteiger partial charge in [0.1, 0.15) is 22.3 Å². The largest absolute Gasteiger partial charge is 0.455 e. The van der Waals surface area contributed by atoms with Gasteiger partial charge in [-0.05, 0) is 210 Å². The van der Waals surface area contributed by atoms with Gasteiger partial charge in [-0.1, -0.05) is 303 Å². The van der Waals surface area contributed by atoms with Crippen LogP contribution in [0.15, 0.2) is 446 Å².